The minimum Gasteiger partial charge on any atom is -0.481 e. The molecule has 0 saturated heterocycles. The van der Waals surface area contributed by atoms with Gasteiger partial charge in [0.05, 0.1) is 0 Å². The lowest BCUT2D eigenvalue weighted by molar-refractivity contribution is -0.122. The molecule has 1 amide bonds. The molecule has 0 aromatic heterocycles. The molecule has 110 valence electrons. The average Bonchev–Trinajstić information content (AvgIpc) is 2.45. The number of ether oxygens (including phenoxy) is 1. The Morgan fingerprint density at radius 1 is 1.10 bits per heavy atom. The average molecular weight is 287 g/mol. The van der Waals surface area contributed by atoms with Crippen LogP contribution in [0.15, 0.2) is 42.5 Å². The van der Waals surface area contributed by atoms with E-state index in [-0.39, 0.29) is 11.7 Å². The van der Waals surface area contributed by atoms with Crippen LogP contribution in [0.25, 0.3) is 0 Å². The number of aryl methyl sites for hydroxylation is 2. The van der Waals surface area contributed by atoms with Crippen molar-refractivity contribution in [3.8, 4) is 5.75 Å². The third kappa shape index (κ3) is 4.05. The highest BCUT2D eigenvalue weighted by Gasteiger charge is 2.15. The van der Waals surface area contributed by atoms with Gasteiger partial charge >= 0.3 is 0 Å². The molecule has 2 rings (SSSR count). The SMILES string of the molecule is Cc1ccc(NC(=O)[C@@H](C)Oc2ccc(F)cc2)cc1C. The standard InChI is InChI=1S/C17H18FNO2/c1-11-4-7-15(10-12(11)2)19-17(20)13(3)21-16-8-5-14(18)6-9-16/h4-10,13H,1-3H3,(H,19,20)/t13-/m1/s1. The molecule has 4 heteroatoms. The molecule has 0 fully saturated rings. The molecule has 1 N–H and O–H groups in total. The fourth-order valence-corrected chi connectivity index (χ4v) is 1.83. The van der Waals surface area contributed by atoms with Gasteiger partial charge in [0.15, 0.2) is 6.10 Å². The summed E-state index contributed by atoms with van der Waals surface area (Å²) in [6.07, 6.45) is -0.669. The zero-order valence-electron chi connectivity index (χ0n) is 12.3. The fraction of sp³-hybridized carbons (Fsp3) is 0.235. The van der Waals surface area contributed by atoms with E-state index in [9.17, 15) is 9.18 Å². The zero-order valence-corrected chi connectivity index (χ0v) is 12.3. The van der Waals surface area contributed by atoms with Crippen molar-refractivity contribution in [3.63, 3.8) is 0 Å². The molecule has 0 aliphatic carbocycles. The van der Waals surface area contributed by atoms with Crippen LogP contribution in [0, 0.1) is 19.7 Å². The van der Waals surface area contributed by atoms with Crippen molar-refractivity contribution in [1.82, 2.24) is 0 Å². The number of carbonyl (C=O) groups is 1. The summed E-state index contributed by atoms with van der Waals surface area (Å²) in [5, 5.41) is 2.80. The number of carbonyl (C=O) groups excluding carboxylic acids is 1. The predicted octanol–water partition coefficient (Wildman–Crippen LogP) is 3.85. The van der Waals surface area contributed by atoms with Crippen LogP contribution < -0.4 is 10.1 Å². The van der Waals surface area contributed by atoms with Crippen molar-refractivity contribution in [2.75, 3.05) is 5.32 Å². The first kappa shape index (κ1) is 15.0. The zero-order chi connectivity index (χ0) is 15.4. The van der Waals surface area contributed by atoms with E-state index in [1.807, 2.05) is 32.0 Å². The number of rotatable bonds is 4. The van der Waals surface area contributed by atoms with E-state index in [4.69, 9.17) is 4.74 Å². The maximum absolute atomic E-state index is 12.8. The van der Waals surface area contributed by atoms with Crippen LogP contribution in [-0.4, -0.2) is 12.0 Å². The van der Waals surface area contributed by atoms with Crippen LogP contribution in [0.4, 0.5) is 10.1 Å². The Hall–Kier alpha value is -2.36. The Bertz CT molecular complexity index is 638. The van der Waals surface area contributed by atoms with Crippen LogP contribution >= 0.6 is 0 Å². The number of hydrogen-bond acceptors (Lipinski definition) is 2. The number of anilines is 1. The maximum atomic E-state index is 12.8. The number of hydrogen-bond donors (Lipinski definition) is 1. The molecule has 2 aromatic carbocycles. The summed E-state index contributed by atoms with van der Waals surface area (Å²) < 4.78 is 18.3. The van der Waals surface area contributed by atoms with Gasteiger partial charge in [0.2, 0.25) is 0 Å². The molecule has 0 radical (unpaired) electrons. The molecule has 2 aromatic rings. The molecule has 0 bridgehead atoms. The van der Waals surface area contributed by atoms with Gasteiger partial charge in [0, 0.05) is 5.69 Å². The van der Waals surface area contributed by atoms with Crippen molar-refractivity contribution < 1.29 is 13.9 Å². The van der Waals surface area contributed by atoms with Crippen molar-refractivity contribution in [3.05, 3.63) is 59.4 Å². The highest BCUT2D eigenvalue weighted by molar-refractivity contribution is 5.94. The smallest absolute Gasteiger partial charge is 0.265 e. The second kappa shape index (κ2) is 6.39. The van der Waals surface area contributed by atoms with Gasteiger partial charge in [0.1, 0.15) is 11.6 Å². The van der Waals surface area contributed by atoms with E-state index in [1.54, 1.807) is 6.92 Å². The van der Waals surface area contributed by atoms with Crippen molar-refractivity contribution in [2.45, 2.75) is 26.9 Å². The van der Waals surface area contributed by atoms with Crippen molar-refractivity contribution >= 4 is 11.6 Å². The van der Waals surface area contributed by atoms with E-state index >= 15 is 0 Å². The van der Waals surface area contributed by atoms with Crippen LogP contribution in [0.3, 0.4) is 0 Å². The minimum absolute atomic E-state index is 0.248. The molecule has 1 atom stereocenters. The highest BCUT2D eigenvalue weighted by Crippen LogP contribution is 2.16. The molecule has 21 heavy (non-hydrogen) atoms. The van der Waals surface area contributed by atoms with Crippen LogP contribution in [0.2, 0.25) is 0 Å². The summed E-state index contributed by atoms with van der Waals surface area (Å²) in [6, 6.07) is 11.3. The summed E-state index contributed by atoms with van der Waals surface area (Å²) in [5.74, 6) is -0.128. The van der Waals surface area contributed by atoms with Gasteiger partial charge in [-0.15, -0.1) is 0 Å². The van der Waals surface area contributed by atoms with E-state index in [0.29, 0.717) is 5.75 Å². The number of amides is 1. The molecule has 0 aliphatic rings. The molecular formula is C17H18FNO2. The van der Waals surface area contributed by atoms with E-state index < -0.39 is 6.10 Å². The lowest BCUT2D eigenvalue weighted by atomic mass is 10.1. The van der Waals surface area contributed by atoms with E-state index in [0.717, 1.165) is 11.3 Å². The topological polar surface area (TPSA) is 38.3 Å². The summed E-state index contributed by atoms with van der Waals surface area (Å²) >= 11 is 0. The van der Waals surface area contributed by atoms with Crippen LogP contribution in [-0.2, 0) is 4.79 Å². The lowest BCUT2D eigenvalue weighted by Crippen LogP contribution is -2.30. The number of halogens is 1. The van der Waals surface area contributed by atoms with Crippen LogP contribution in [0.1, 0.15) is 18.1 Å². The van der Waals surface area contributed by atoms with Gasteiger partial charge in [0.25, 0.3) is 5.91 Å². The van der Waals surface area contributed by atoms with Gasteiger partial charge in [-0.2, -0.15) is 0 Å². The van der Waals surface area contributed by atoms with Gasteiger partial charge in [-0.1, -0.05) is 6.07 Å². The third-order valence-corrected chi connectivity index (χ3v) is 3.27. The Balaban J connectivity index is 1.98. The van der Waals surface area contributed by atoms with E-state index in [1.165, 1.54) is 29.8 Å². The first-order chi connectivity index (χ1) is 9.95. The lowest BCUT2D eigenvalue weighted by Gasteiger charge is -2.15. The predicted molar refractivity (Wildman–Crippen MR) is 81.0 cm³/mol. The summed E-state index contributed by atoms with van der Waals surface area (Å²) in [4.78, 5) is 12.1. The summed E-state index contributed by atoms with van der Waals surface area (Å²) in [6.45, 7) is 5.66. The molecule has 0 spiro atoms. The Morgan fingerprint density at radius 3 is 2.38 bits per heavy atom. The van der Waals surface area contributed by atoms with Crippen LogP contribution in [0.5, 0.6) is 5.75 Å². The second-order valence-corrected chi connectivity index (χ2v) is 5.00. The monoisotopic (exact) mass is 287 g/mol. The third-order valence-electron chi connectivity index (χ3n) is 3.27. The Morgan fingerprint density at radius 2 is 1.76 bits per heavy atom. The Labute approximate surface area is 123 Å². The number of benzene rings is 2. The summed E-state index contributed by atoms with van der Waals surface area (Å²) in [5.41, 5.74) is 3.01. The first-order valence-corrected chi connectivity index (χ1v) is 6.76. The van der Waals surface area contributed by atoms with Gasteiger partial charge in [-0.05, 0) is 68.3 Å². The Kier molecular flexibility index (Phi) is 4.58. The first-order valence-electron chi connectivity index (χ1n) is 6.76. The van der Waals surface area contributed by atoms with Crippen molar-refractivity contribution in [2.24, 2.45) is 0 Å². The van der Waals surface area contributed by atoms with Crippen molar-refractivity contribution in [1.29, 1.82) is 0 Å². The molecule has 3 nitrogen and oxygen atoms in total. The second-order valence-electron chi connectivity index (χ2n) is 5.00. The molecule has 0 heterocycles. The van der Waals surface area contributed by atoms with Gasteiger partial charge < -0.3 is 10.1 Å². The fourth-order valence-electron chi connectivity index (χ4n) is 1.83. The maximum Gasteiger partial charge on any atom is 0.265 e. The summed E-state index contributed by atoms with van der Waals surface area (Å²) in [7, 11) is 0. The van der Waals surface area contributed by atoms with Gasteiger partial charge in [-0.25, -0.2) is 4.39 Å². The molecule has 0 saturated carbocycles. The molecular weight excluding hydrogens is 269 g/mol. The molecule has 0 unspecified atom stereocenters. The van der Waals surface area contributed by atoms with E-state index in [2.05, 4.69) is 5.32 Å². The normalized spacial score (nSPS) is 11.8. The molecule has 0 aliphatic heterocycles. The quantitative estimate of drug-likeness (QED) is 0.927. The largest absolute Gasteiger partial charge is 0.481 e. The highest BCUT2D eigenvalue weighted by atomic mass is 19.1. The minimum atomic E-state index is -0.669. The van der Waals surface area contributed by atoms with Gasteiger partial charge in [-0.3, -0.25) is 4.79 Å². The number of nitrogens with one attached hydrogen (secondary N) is 1.